The highest BCUT2D eigenvalue weighted by Crippen LogP contribution is 2.20. The van der Waals surface area contributed by atoms with Crippen LogP contribution in [-0.2, 0) is 14.8 Å². The van der Waals surface area contributed by atoms with Crippen LogP contribution in [0.15, 0.2) is 0 Å². The molecule has 0 aromatic carbocycles. The fourth-order valence-electron chi connectivity index (χ4n) is 3.06. The van der Waals surface area contributed by atoms with Crippen LogP contribution in [0.25, 0.3) is 0 Å². The number of carbonyl (C=O) groups is 1. The molecule has 2 saturated heterocycles. The number of rotatable bonds is 4. The van der Waals surface area contributed by atoms with E-state index in [-0.39, 0.29) is 23.6 Å². The number of nitrogens with one attached hydrogen (secondary N) is 1. The number of amides is 1. The van der Waals surface area contributed by atoms with Crippen molar-refractivity contribution >= 4 is 15.9 Å². The molecule has 21 heavy (non-hydrogen) atoms. The van der Waals surface area contributed by atoms with E-state index in [1.807, 2.05) is 0 Å². The first-order valence-electron chi connectivity index (χ1n) is 7.89. The minimum Gasteiger partial charge on any atom is -0.353 e. The molecule has 1 N–H and O–H groups in total. The van der Waals surface area contributed by atoms with Crippen LogP contribution in [0.4, 0.5) is 0 Å². The van der Waals surface area contributed by atoms with Gasteiger partial charge in [-0.2, -0.15) is 0 Å². The Bertz CT molecular complexity index is 458. The standard InChI is InChI=1S/C14H27N3O3S/c1-3-21(19,20)17-8-4-5-12(11-17)14(18)15-13-6-9-16(2)10-7-13/h12-13H,3-11H2,1-2H3,(H,15,18)/t12-/m0/s1. The number of piperidine rings is 2. The molecular formula is C14H27N3O3S. The van der Waals surface area contributed by atoms with Gasteiger partial charge in [-0.3, -0.25) is 4.79 Å². The topological polar surface area (TPSA) is 69.7 Å². The Morgan fingerprint density at radius 3 is 2.48 bits per heavy atom. The second-order valence-corrected chi connectivity index (χ2v) is 8.44. The molecule has 0 spiro atoms. The third kappa shape index (κ3) is 4.40. The summed E-state index contributed by atoms with van der Waals surface area (Å²) >= 11 is 0. The molecule has 2 rings (SSSR count). The lowest BCUT2D eigenvalue weighted by Gasteiger charge is -2.34. The number of carbonyl (C=O) groups excluding carboxylic acids is 1. The lowest BCUT2D eigenvalue weighted by atomic mass is 9.97. The van der Waals surface area contributed by atoms with E-state index in [0.717, 1.165) is 38.8 Å². The molecule has 0 aromatic rings. The van der Waals surface area contributed by atoms with Gasteiger partial charge in [0.15, 0.2) is 0 Å². The van der Waals surface area contributed by atoms with Gasteiger partial charge < -0.3 is 10.2 Å². The van der Waals surface area contributed by atoms with Crippen molar-refractivity contribution in [1.29, 1.82) is 0 Å². The summed E-state index contributed by atoms with van der Waals surface area (Å²) in [6, 6.07) is 0.242. The van der Waals surface area contributed by atoms with Gasteiger partial charge in [0, 0.05) is 19.1 Å². The summed E-state index contributed by atoms with van der Waals surface area (Å²) in [4.78, 5) is 14.6. The second-order valence-electron chi connectivity index (χ2n) is 6.18. The quantitative estimate of drug-likeness (QED) is 0.807. The van der Waals surface area contributed by atoms with E-state index in [0.29, 0.717) is 13.1 Å². The van der Waals surface area contributed by atoms with Crippen LogP contribution in [0, 0.1) is 5.92 Å². The Hall–Kier alpha value is -0.660. The van der Waals surface area contributed by atoms with E-state index in [2.05, 4.69) is 17.3 Å². The largest absolute Gasteiger partial charge is 0.353 e. The fourth-order valence-corrected chi connectivity index (χ4v) is 4.24. The molecule has 0 unspecified atom stereocenters. The third-order valence-corrected chi connectivity index (χ3v) is 6.43. The van der Waals surface area contributed by atoms with Gasteiger partial charge >= 0.3 is 0 Å². The average molecular weight is 317 g/mol. The van der Waals surface area contributed by atoms with E-state index < -0.39 is 10.0 Å². The van der Waals surface area contributed by atoms with Crippen molar-refractivity contribution < 1.29 is 13.2 Å². The molecule has 7 heteroatoms. The van der Waals surface area contributed by atoms with Crippen molar-refractivity contribution in [2.45, 2.75) is 38.6 Å². The maximum absolute atomic E-state index is 12.4. The lowest BCUT2D eigenvalue weighted by molar-refractivity contribution is -0.127. The molecule has 2 heterocycles. The van der Waals surface area contributed by atoms with E-state index >= 15 is 0 Å². The molecule has 0 bridgehead atoms. The highest BCUT2D eigenvalue weighted by molar-refractivity contribution is 7.89. The summed E-state index contributed by atoms with van der Waals surface area (Å²) in [5.41, 5.74) is 0. The number of hydrogen-bond acceptors (Lipinski definition) is 4. The molecule has 1 atom stereocenters. The number of hydrogen-bond donors (Lipinski definition) is 1. The van der Waals surface area contributed by atoms with Crippen molar-refractivity contribution in [3.8, 4) is 0 Å². The van der Waals surface area contributed by atoms with Crippen LogP contribution >= 0.6 is 0 Å². The lowest BCUT2D eigenvalue weighted by Crippen LogP contribution is -2.49. The van der Waals surface area contributed by atoms with Gasteiger partial charge in [0.05, 0.1) is 11.7 Å². The monoisotopic (exact) mass is 317 g/mol. The maximum Gasteiger partial charge on any atom is 0.224 e. The van der Waals surface area contributed by atoms with Crippen molar-refractivity contribution in [3.05, 3.63) is 0 Å². The van der Waals surface area contributed by atoms with Crippen molar-refractivity contribution in [3.63, 3.8) is 0 Å². The van der Waals surface area contributed by atoms with Gasteiger partial charge in [-0.15, -0.1) is 0 Å². The van der Waals surface area contributed by atoms with Crippen LogP contribution in [-0.4, -0.2) is 68.6 Å². The minimum atomic E-state index is -3.18. The smallest absolute Gasteiger partial charge is 0.224 e. The van der Waals surface area contributed by atoms with Crippen molar-refractivity contribution in [2.75, 3.05) is 39.0 Å². The van der Waals surface area contributed by atoms with Crippen molar-refractivity contribution in [2.24, 2.45) is 5.92 Å². The molecule has 0 radical (unpaired) electrons. The molecule has 0 saturated carbocycles. The Kier molecular flexibility index (Phi) is 5.62. The summed E-state index contributed by atoms with van der Waals surface area (Å²) in [6.45, 7) is 4.55. The summed E-state index contributed by atoms with van der Waals surface area (Å²) in [6.07, 6.45) is 3.51. The van der Waals surface area contributed by atoms with E-state index in [4.69, 9.17) is 0 Å². The normalized spacial score (nSPS) is 26.7. The Labute approximate surface area is 127 Å². The SMILES string of the molecule is CCS(=O)(=O)N1CCC[C@H](C(=O)NC2CCN(C)CC2)C1. The van der Waals surface area contributed by atoms with Gasteiger partial charge in [-0.05, 0) is 52.7 Å². The van der Waals surface area contributed by atoms with Gasteiger partial charge in [0.1, 0.15) is 0 Å². The second kappa shape index (κ2) is 7.07. The zero-order chi connectivity index (χ0) is 15.5. The molecule has 2 aliphatic heterocycles. The van der Waals surface area contributed by atoms with Gasteiger partial charge in [-0.25, -0.2) is 12.7 Å². The summed E-state index contributed by atoms with van der Waals surface area (Å²) in [5, 5.41) is 3.11. The Morgan fingerprint density at radius 1 is 1.19 bits per heavy atom. The van der Waals surface area contributed by atoms with Crippen LogP contribution in [0.2, 0.25) is 0 Å². The Balaban J connectivity index is 1.87. The number of likely N-dealkylation sites (tertiary alicyclic amines) is 1. The maximum atomic E-state index is 12.4. The predicted molar refractivity (Wildman–Crippen MR) is 82.4 cm³/mol. The van der Waals surface area contributed by atoms with Crippen LogP contribution in [0.1, 0.15) is 32.6 Å². The van der Waals surface area contributed by atoms with Gasteiger partial charge in [0.2, 0.25) is 15.9 Å². The van der Waals surface area contributed by atoms with Crippen LogP contribution in [0.5, 0.6) is 0 Å². The molecule has 2 fully saturated rings. The minimum absolute atomic E-state index is 0.0283. The zero-order valence-corrected chi connectivity index (χ0v) is 13.9. The van der Waals surface area contributed by atoms with Crippen LogP contribution in [0.3, 0.4) is 0 Å². The highest BCUT2D eigenvalue weighted by atomic mass is 32.2. The zero-order valence-electron chi connectivity index (χ0n) is 13.0. The molecule has 122 valence electrons. The molecule has 0 aromatic heterocycles. The summed E-state index contributed by atoms with van der Waals surface area (Å²) in [5.74, 6) is -0.0590. The first-order valence-corrected chi connectivity index (χ1v) is 9.50. The molecule has 1 amide bonds. The molecule has 2 aliphatic rings. The highest BCUT2D eigenvalue weighted by Gasteiger charge is 2.32. The summed E-state index contributed by atoms with van der Waals surface area (Å²) < 4.78 is 25.4. The molecular weight excluding hydrogens is 290 g/mol. The van der Waals surface area contributed by atoms with E-state index in [1.54, 1.807) is 6.92 Å². The molecule has 6 nitrogen and oxygen atoms in total. The average Bonchev–Trinajstić information content (AvgIpc) is 2.49. The number of nitrogens with zero attached hydrogens (tertiary/aromatic N) is 2. The van der Waals surface area contributed by atoms with E-state index in [1.165, 1.54) is 4.31 Å². The first-order chi connectivity index (χ1) is 9.92. The third-order valence-electron chi connectivity index (χ3n) is 4.58. The predicted octanol–water partition coefficient (Wildman–Crippen LogP) is 0.259. The summed E-state index contributed by atoms with van der Waals surface area (Å²) in [7, 11) is -1.09. The van der Waals surface area contributed by atoms with Gasteiger partial charge in [-0.1, -0.05) is 0 Å². The van der Waals surface area contributed by atoms with Gasteiger partial charge in [0.25, 0.3) is 0 Å². The first kappa shape index (κ1) is 16.7. The Morgan fingerprint density at radius 2 is 1.86 bits per heavy atom. The van der Waals surface area contributed by atoms with Crippen molar-refractivity contribution in [1.82, 2.24) is 14.5 Å². The number of sulfonamides is 1. The van der Waals surface area contributed by atoms with Crippen LogP contribution < -0.4 is 5.32 Å². The van der Waals surface area contributed by atoms with E-state index in [9.17, 15) is 13.2 Å². The fraction of sp³-hybridized carbons (Fsp3) is 0.929. The molecule has 0 aliphatic carbocycles.